The predicted molar refractivity (Wildman–Crippen MR) is 77.3 cm³/mol. The molecule has 1 atom stereocenters. The summed E-state index contributed by atoms with van der Waals surface area (Å²) in [6.07, 6.45) is 1.89. The van der Waals surface area contributed by atoms with Crippen molar-refractivity contribution in [3.05, 3.63) is 63.9 Å². The van der Waals surface area contributed by atoms with Crippen molar-refractivity contribution >= 4 is 17.3 Å². The number of fused-ring (bicyclic) bond motifs is 1. The van der Waals surface area contributed by atoms with Gasteiger partial charge < -0.3 is 5.32 Å². The molecule has 3 rings (SSSR count). The van der Waals surface area contributed by atoms with Gasteiger partial charge in [0.1, 0.15) is 5.82 Å². The van der Waals surface area contributed by atoms with Gasteiger partial charge in [-0.05, 0) is 60.7 Å². The molecule has 1 unspecified atom stereocenters. The summed E-state index contributed by atoms with van der Waals surface area (Å²) < 4.78 is 13.2. The minimum atomic E-state index is -0.159. The first kappa shape index (κ1) is 12.5. The minimum Gasteiger partial charge on any atom is -0.377 e. The molecule has 1 N–H and O–H groups in total. The first-order chi connectivity index (χ1) is 9.13. The van der Waals surface area contributed by atoms with E-state index in [0.29, 0.717) is 0 Å². The molecular formula is C16H15ClFN. The third kappa shape index (κ3) is 2.45. The summed E-state index contributed by atoms with van der Waals surface area (Å²) in [7, 11) is 0. The van der Waals surface area contributed by atoms with E-state index in [1.807, 2.05) is 31.2 Å². The molecule has 0 aromatic heterocycles. The third-order valence-electron chi connectivity index (χ3n) is 3.64. The number of aryl methyl sites for hydroxylation is 2. The van der Waals surface area contributed by atoms with Crippen LogP contribution in [0.15, 0.2) is 36.4 Å². The Balaban J connectivity index is 1.86. The molecule has 0 aliphatic heterocycles. The molecule has 2 aromatic carbocycles. The SMILES string of the molecule is Cc1ccc(NC2CCc3cc(F)ccc32)c(Cl)c1. The molecule has 0 amide bonds. The molecule has 1 aliphatic carbocycles. The summed E-state index contributed by atoms with van der Waals surface area (Å²) in [4.78, 5) is 0. The van der Waals surface area contributed by atoms with Gasteiger partial charge in [-0.25, -0.2) is 4.39 Å². The minimum absolute atomic E-state index is 0.159. The molecule has 19 heavy (non-hydrogen) atoms. The normalized spacial score (nSPS) is 17.3. The lowest BCUT2D eigenvalue weighted by Crippen LogP contribution is -2.07. The van der Waals surface area contributed by atoms with Crippen LogP contribution in [0.4, 0.5) is 10.1 Å². The molecule has 1 aliphatic rings. The average Bonchev–Trinajstić information content (AvgIpc) is 2.75. The summed E-state index contributed by atoms with van der Waals surface area (Å²) in [5.74, 6) is -0.159. The number of hydrogen-bond donors (Lipinski definition) is 1. The molecule has 0 bridgehead atoms. The zero-order valence-corrected chi connectivity index (χ0v) is 11.5. The van der Waals surface area contributed by atoms with Gasteiger partial charge in [-0.2, -0.15) is 0 Å². The Labute approximate surface area is 117 Å². The summed E-state index contributed by atoms with van der Waals surface area (Å²) in [6.45, 7) is 2.02. The second-order valence-electron chi connectivity index (χ2n) is 5.06. The Morgan fingerprint density at radius 1 is 1.21 bits per heavy atom. The van der Waals surface area contributed by atoms with Gasteiger partial charge in [-0.3, -0.25) is 0 Å². The van der Waals surface area contributed by atoms with E-state index in [4.69, 9.17) is 11.6 Å². The Hall–Kier alpha value is -1.54. The van der Waals surface area contributed by atoms with Crippen molar-refractivity contribution in [1.82, 2.24) is 0 Å². The van der Waals surface area contributed by atoms with E-state index in [0.717, 1.165) is 34.7 Å². The van der Waals surface area contributed by atoms with E-state index in [2.05, 4.69) is 5.32 Å². The number of hydrogen-bond acceptors (Lipinski definition) is 1. The Bertz CT molecular complexity index is 624. The highest BCUT2D eigenvalue weighted by Gasteiger charge is 2.23. The van der Waals surface area contributed by atoms with Crippen molar-refractivity contribution in [2.45, 2.75) is 25.8 Å². The number of nitrogens with one attached hydrogen (secondary N) is 1. The molecule has 3 heteroatoms. The van der Waals surface area contributed by atoms with Gasteiger partial charge in [0.05, 0.1) is 16.8 Å². The summed E-state index contributed by atoms with van der Waals surface area (Å²) in [5, 5.41) is 4.19. The first-order valence-electron chi connectivity index (χ1n) is 6.44. The molecule has 0 saturated carbocycles. The van der Waals surface area contributed by atoms with Crippen molar-refractivity contribution in [3.8, 4) is 0 Å². The topological polar surface area (TPSA) is 12.0 Å². The van der Waals surface area contributed by atoms with Gasteiger partial charge in [-0.15, -0.1) is 0 Å². The fourth-order valence-electron chi connectivity index (χ4n) is 2.66. The van der Waals surface area contributed by atoms with E-state index in [1.165, 1.54) is 11.6 Å². The number of rotatable bonds is 2. The zero-order chi connectivity index (χ0) is 13.4. The van der Waals surface area contributed by atoms with E-state index in [1.54, 1.807) is 6.07 Å². The molecule has 1 nitrogen and oxygen atoms in total. The van der Waals surface area contributed by atoms with Crippen LogP contribution in [-0.4, -0.2) is 0 Å². The molecule has 0 spiro atoms. The van der Waals surface area contributed by atoms with Crippen LogP contribution in [0.3, 0.4) is 0 Å². The lowest BCUT2D eigenvalue weighted by Gasteiger charge is -2.17. The quantitative estimate of drug-likeness (QED) is 0.823. The van der Waals surface area contributed by atoms with Gasteiger partial charge in [0, 0.05) is 0 Å². The lowest BCUT2D eigenvalue weighted by atomic mass is 10.1. The Kier molecular flexibility index (Phi) is 3.19. The van der Waals surface area contributed by atoms with Crippen molar-refractivity contribution in [3.63, 3.8) is 0 Å². The largest absolute Gasteiger partial charge is 0.377 e. The maximum atomic E-state index is 13.2. The highest BCUT2D eigenvalue weighted by Crippen LogP contribution is 2.36. The average molecular weight is 276 g/mol. The fraction of sp³-hybridized carbons (Fsp3) is 0.250. The Morgan fingerprint density at radius 2 is 2.05 bits per heavy atom. The smallest absolute Gasteiger partial charge is 0.123 e. The van der Waals surface area contributed by atoms with Crippen molar-refractivity contribution in [2.24, 2.45) is 0 Å². The van der Waals surface area contributed by atoms with Crippen LogP contribution >= 0.6 is 11.6 Å². The molecule has 98 valence electrons. The molecular weight excluding hydrogens is 261 g/mol. The maximum absolute atomic E-state index is 13.2. The van der Waals surface area contributed by atoms with Crippen molar-refractivity contribution in [2.75, 3.05) is 5.32 Å². The number of halogens is 2. The lowest BCUT2D eigenvalue weighted by molar-refractivity contribution is 0.626. The predicted octanol–water partition coefficient (Wildman–Crippen LogP) is 4.89. The number of benzene rings is 2. The van der Waals surface area contributed by atoms with E-state index < -0.39 is 0 Å². The van der Waals surface area contributed by atoms with Crippen LogP contribution in [0, 0.1) is 12.7 Å². The van der Waals surface area contributed by atoms with Crippen LogP contribution in [0.5, 0.6) is 0 Å². The standard InChI is InChI=1S/C16H15ClFN/c1-10-2-6-16(14(17)8-10)19-15-7-3-11-9-12(18)4-5-13(11)15/h2,4-6,8-9,15,19H,3,7H2,1H3. The Morgan fingerprint density at radius 3 is 2.84 bits per heavy atom. The van der Waals surface area contributed by atoms with Crippen LogP contribution in [0.25, 0.3) is 0 Å². The monoisotopic (exact) mass is 275 g/mol. The highest BCUT2D eigenvalue weighted by molar-refractivity contribution is 6.33. The molecule has 2 aromatic rings. The van der Waals surface area contributed by atoms with Crippen molar-refractivity contribution in [1.29, 1.82) is 0 Å². The fourth-order valence-corrected chi connectivity index (χ4v) is 2.95. The van der Waals surface area contributed by atoms with Gasteiger partial charge in [0.25, 0.3) is 0 Å². The molecule has 0 heterocycles. The molecule has 0 fully saturated rings. The molecule has 0 saturated heterocycles. The number of anilines is 1. The third-order valence-corrected chi connectivity index (χ3v) is 3.95. The van der Waals surface area contributed by atoms with Crippen LogP contribution in [0.1, 0.15) is 29.2 Å². The first-order valence-corrected chi connectivity index (χ1v) is 6.82. The van der Waals surface area contributed by atoms with E-state index in [9.17, 15) is 4.39 Å². The van der Waals surface area contributed by atoms with Crippen LogP contribution in [-0.2, 0) is 6.42 Å². The summed E-state index contributed by atoms with van der Waals surface area (Å²) >= 11 is 6.24. The van der Waals surface area contributed by atoms with Gasteiger partial charge in [0.15, 0.2) is 0 Å². The van der Waals surface area contributed by atoms with Gasteiger partial charge in [0.2, 0.25) is 0 Å². The van der Waals surface area contributed by atoms with E-state index >= 15 is 0 Å². The van der Waals surface area contributed by atoms with Crippen LogP contribution < -0.4 is 5.32 Å². The van der Waals surface area contributed by atoms with Gasteiger partial charge in [-0.1, -0.05) is 23.7 Å². The summed E-state index contributed by atoms with van der Waals surface area (Å²) in [5.41, 5.74) is 4.36. The second-order valence-corrected chi connectivity index (χ2v) is 5.47. The van der Waals surface area contributed by atoms with Crippen LogP contribution in [0.2, 0.25) is 5.02 Å². The maximum Gasteiger partial charge on any atom is 0.123 e. The van der Waals surface area contributed by atoms with Gasteiger partial charge >= 0.3 is 0 Å². The van der Waals surface area contributed by atoms with Crippen molar-refractivity contribution < 1.29 is 4.39 Å². The molecule has 0 radical (unpaired) electrons. The summed E-state index contributed by atoms with van der Waals surface area (Å²) in [6, 6.07) is 11.2. The highest BCUT2D eigenvalue weighted by atomic mass is 35.5. The second kappa shape index (κ2) is 4.86. The van der Waals surface area contributed by atoms with E-state index in [-0.39, 0.29) is 11.9 Å². The zero-order valence-electron chi connectivity index (χ0n) is 10.7.